The minimum Gasteiger partial charge on any atom is -0.496 e. The maximum Gasteiger partial charge on any atom is 0.337 e. The van der Waals surface area contributed by atoms with Crippen molar-refractivity contribution in [3.63, 3.8) is 0 Å². The van der Waals surface area contributed by atoms with E-state index in [1.165, 1.54) is 6.20 Å². The molecule has 0 spiro atoms. The van der Waals surface area contributed by atoms with Gasteiger partial charge in [0.25, 0.3) is 0 Å². The minimum atomic E-state index is -0.971. The number of carboxylic acids is 1. The number of ether oxygens (including phenoxy) is 1. The Morgan fingerprint density at radius 3 is 2.47 bits per heavy atom. The van der Waals surface area contributed by atoms with Crippen molar-refractivity contribution in [2.45, 2.75) is 13.8 Å². The summed E-state index contributed by atoms with van der Waals surface area (Å²) in [5, 5.41) is 8.86. The number of carbonyl (C=O) groups is 1. The molecule has 1 aromatic carbocycles. The molecular weight excluding hydrogens is 242 g/mol. The van der Waals surface area contributed by atoms with Crippen molar-refractivity contribution in [1.29, 1.82) is 0 Å². The van der Waals surface area contributed by atoms with Crippen molar-refractivity contribution in [2.24, 2.45) is 0 Å². The van der Waals surface area contributed by atoms with Crippen LogP contribution in [0.15, 0.2) is 30.5 Å². The molecule has 0 fully saturated rings. The van der Waals surface area contributed by atoms with E-state index < -0.39 is 5.97 Å². The molecule has 0 amide bonds. The fourth-order valence-corrected chi connectivity index (χ4v) is 1.97. The van der Waals surface area contributed by atoms with Gasteiger partial charge in [0.15, 0.2) is 0 Å². The zero-order valence-electron chi connectivity index (χ0n) is 11.1. The number of benzene rings is 1. The number of carboxylic acid groups (broad SMARTS) is 1. The molecule has 2 aromatic rings. The van der Waals surface area contributed by atoms with Crippen LogP contribution in [0.5, 0.6) is 5.75 Å². The fourth-order valence-electron chi connectivity index (χ4n) is 1.97. The average Bonchev–Trinajstić information content (AvgIpc) is 2.41. The van der Waals surface area contributed by atoms with E-state index in [1.54, 1.807) is 19.2 Å². The lowest BCUT2D eigenvalue weighted by atomic mass is 10.0. The highest BCUT2D eigenvalue weighted by Gasteiger charge is 2.09. The highest BCUT2D eigenvalue weighted by Crippen LogP contribution is 2.28. The quantitative estimate of drug-likeness (QED) is 0.918. The summed E-state index contributed by atoms with van der Waals surface area (Å²) in [4.78, 5) is 15.0. The van der Waals surface area contributed by atoms with Crippen molar-refractivity contribution in [3.05, 3.63) is 47.2 Å². The lowest BCUT2D eigenvalue weighted by Crippen LogP contribution is -1.98. The van der Waals surface area contributed by atoms with E-state index in [4.69, 9.17) is 9.84 Å². The normalized spacial score (nSPS) is 10.3. The summed E-state index contributed by atoms with van der Waals surface area (Å²) in [6.07, 6.45) is 1.37. The van der Waals surface area contributed by atoms with Gasteiger partial charge in [-0.2, -0.15) is 0 Å². The number of pyridine rings is 1. The van der Waals surface area contributed by atoms with E-state index in [0.717, 1.165) is 28.1 Å². The van der Waals surface area contributed by atoms with E-state index in [0.29, 0.717) is 0 Å². The molecular formula is C15H15NO3. The van der Waals surface area contributed by atoms with Gasteiger partial charge in [0, 0.05) is 11.8 Å². The summed E-state index contributed by atoms with van der Waals surface area (Å²) in [5.74, 6) is -0.134. The predicted octanol–water partition coefficient (Wildman–Crippen LogP) is 3.07. The molecule has 0 saturated heterocycles. The fraction of sp³-hybridized carbons (Fsp3) is 0.200. The van der Waals surface area contributed by atoms with Gasteiger partial charge in [-0.3, -0.25) is 4.98 Å². The van der Waals surface area contributed by atoms with Gasteiger partial charge in [-0.1, -0.05) is 0 Å². The number of rotatable bonds is 3. The second kappa shape index (κ2) is 5.10. The van der Waals surface area contributed by atoms with Gasteiger partial charge in [-0.05, 0) is 49.2 Å². The third-order valence-electron chi connectivity index (χ3n) is 3.03. The Balaban J connectivity index is 2.47. The van der Waals surface area contributed by atoms with E-state index in [9.17, 15) is 4.79 Å². The van der Waals surface area contributed by atoms with Gasteiger partial charge >= 0.3 is 5.97 Å². The molecule has 1 aromatic heterocycles. The van der Waals surface area contributed by atoms with Crippen LogP contribution < -0.4 is 4.74 Å². The lowest BCUT2D eigenvalue weighted by Gasteiger charge is -2.11. The first-order valence-electron chi connectivity index (χ1n) is 5.88. The first-order valence-corrected chi connectivity index (χ1v) is 5.88. The Kier molecular flexibility index (Phi) is 3.51. The zero-order valence-corrected chi connectivity index (χ0v) is 11.1. The smallest absolute Gasteiger partial charge is 0.337 e. The highest BCUT2D eigenvalue weighted by atomic mass is 16.5. The van der Waals surface area contributed by atoms with Gasteiger partial charge < -0.3 is 9.84 Å². The van der Waals surface area contributed by atoms with Gasteiger partial charge in [0.2, 0.25) is 0 Å². The van der Waals surface area contributed by atoms with Gasteiger partial charge in [0.1, 0.15) is 5.75 Å². The maximum atomic E-state index is 10.8. The standard InChI is InChI=1S/C15H15NO3/c1-9-7-14(19-3)10(2)6-12(9)13-5-4-11(8-16-13)15(17)18/h4-8H,1-3H3,(H,17,18). The van der Waals surface area contributed by atoms with Gasteiger partial charge in [0.05, 0.1) is 18.4 Å². The van der Waals surface area contributed by atoms with Gasteiger partial charge in [-0.15, -0.1) is 0 Å². The molecule has 0 aliphatic rings. The van der Waals surface area contributed by atoms with Crippen LogP contribution in [0, 0.1) is 13.8 Å². The Bertz CT molecular complexity index is 618. The zero-order chi connectivity index (χ0) is 14.0. The van der Waals surface area contributed by atoms with Gasteiger partial charge in [-0.25, -0.2) is 4.79 Å². The molecule has 0 atom stereocenters. The van der Waals surface area contributed by atoms with Crippen LogP contribution in [0.4, 0.5) is 0 Å². The van der Waals surface area contributed by atoms with Crippen molar-refractivity contribution >= 4 is 5.97 Å². The molecule has 0 aliphatic carbocycles. The maximum absolute atomic E-state index is 10.8. The molecule has 4 nitrogen and oxygen atoms in total. The Hall–Kier alpha value is -2.36. The van der Waals surface area contributed by atoms with E-state index in [2.05, 4.69) is 4.98 Å². The molecule has 0 unspecified atom stereocenters. The third-order valence-corrected chi connectivity index (χ3v) is 3.03. The summed E-state index contributed by atoms with van der Waals surface area (Å²) in [6.45, 7) is 3.94. The van der Waals surface area contributed by atoms with Crippen molar-refractivity contribution in [1.82, 2.24) is 4.98 Å². The average molecular weight is 257 g/mol. The number of hydrogen-bond acceptors (Lipinski definition) is 3. The number of methoxy groups -OCH3 is 1. The van der Waals surface area contributed by atoms with Crippen LogP contribution in [0.2, 0.25) is 0 Å². The van der Waals surface area contributed by atoms with Crippen LogP contribution >= 0.6 is 0 Å². The highest BCUT2D eigenvalue weighted by molar-refractivity contribution is 5.87. The molecule has 1 N–H and O–H groups in total. The predicted molar refractivity (Wildman–Crippen MR) is 72.7 cm³/mol. The molecule has 1 heterocycles. The van der Waals surface area contributed by atoms with Crippen LogP contribution in [0.1, 0.15) is 21.5 Å². The number of aromatic nitrogens is 1. The van der Waals surface area contributed by atoms with Crippen molar-refractivity contribution < 1.29 is 14.6 Å². The first-order chi connectivity index (χ1) is 9.02. The minimum absolute atomic E-state index is 0.187. The van der Waals surface area contributed by atoms with Crippen LogP contribution in [0.25, 0.3) is 11.3 Å². The van der Waals surface area contributed by atoms with E-state index in [-0.39, 0.29) is 5.56 Å². The molecule has 0 radical (unpaired) electrons. The van der Waals surface area contributed by atoms with Crippen LogP contribution in [0.3, 0.4) is 0 Å². The summed E-state index contributed by atoms with van der Waals surface area (Å²) < 4.78 is 5.27. The number of aromatic carboxylic acids is 1. The third kappa shape index (κ3) is 2.57. The molecule has 0 saturated carbocycles. The topological polar surface area (TPSA) is 59.4 Å². The van der Waals surface area contributed by atoms with Crippen LogP contribution in [-0.4, -0.2) is 23.2 Å². The lowest BCUT2D eigenvalue weighted by molar-refractivity contribution is 0.0696. The molecule has 4 heteroatoms. The number of nitrogens with zero attached hydrogens (tertiary/aromatic N) is 1. The monoisotopic (exact) mass is 257 g/mol. The van der Waals surface area contributed by atoms with E-state index >= 15 is 0 Å². The van der Waals surface area contributed by atoms with Crippen molar-refractivity contribution in [3.8, 4) is 17.0 Å². The molecule has 0 bridgehead atoms. The SMILES string of the molecule is COc1cc(C)c(-c2ccc(C(=O)O)cn2)cc1C. The molecule has 19 heavy (non-hydrogen) atoms. The van der Waals surface area contributed by atoms with Crippen LogP contribution in [-0.2, 0) is 0 Å². The van der Waals surface area contributed by atoms with E-state index in [1.807, 2.05) is 26.0 Å². The van der Waals surface area contributed by atoms with Crippen molar-refractivity contribution in [2.75, 3.05) is 7.11 Å². The summed E-state index contributed by atoms with van der Waals surface area (Å²) >= 11 is 0. The Labute approximate surface area is 111 Å². The second-order valence-corrected chi connectivity index (χ2v) is 4.37. The summed E-state index contributed by atoms with van der Waals surface area (Å²) in [7, 11) is 1.64. The first kappa shape index (κ1) is 13.1. The summed E-state index contributed by atoms with van der Waals surface area (Å²) in [6, 6.07) is 7.23. The molecule has 98 valence electrons. The number of aryl methyl sites for hydroxylation is 2. The Morgan fingerprint density at radius 2 is 1.95 bits per heavy atom. The number of hydrogen-bond donors (Lipinski definition) is 1. The summed E-state index contributed by atoms with van der Waals surface area (Å²) in [5.41, 5.74) is 3.99. The Morgan fingerprint density at radius 1 is 1.21 bits per heavy atom. The second-order valence-electron chi connectivity index (χ2n) is 4.37. The molecule has 0 aliphatic heterocycles. The largest absolute Gasteiger partial charge is 0.496 e. The molecule has 2 rings (SSSR count).